The number of aliphatic hydroxyl groups is 1. The van der Waals surface area contributed by atoms with E-state index in [1.807, 2.05) is 13.8 Å². The van der Waals surface area contributed by atoms with E-state index in [-0.39, 0.29) is 24.2 Å². The minimum Gasteiger partial charge on any atom is -0.481 e. The Kier molecular flexibility index (Phi) is 5.40. The van der Waals surface area contributed by atoms with Crippen LogP contribution < -0.4 is 0 Å². The van der Waals surface area contributed by atoms with Gasteiger partial charge in [-0.3, -0.25) is 4.79 Å². The number of rotatable bonds is 6. The van der Waals surface area contributed by atoms with Crippen molar-refractivity contribution in [3.63, 3.8) is 0 Å². The molecule has 1 saturated heterocycles. The maximum Gasteiger partial charge on any atom is 0.308 e. The van der Waals surface area contributed by atoms with Gasteiger partial charge in [-0.2, -0.15) is 0 Å². The van der Waals surface area contributed by atoms with E-state index < -0.39 is 11.9 Å². The lowest BCUT2D eigenvalue weighted by atomic mass is 9.93. The Morgan fingerprint density at radius 3 is 2.47 bits per heavy atom. The molecule has 2 N–H and O–H groups in total. The molecule has 1 rings (SSSR count). The average molecular weight is 244 g/mol. The van der Waals surface area contributed by atoms with Gasteiger partial charge in [-0.05, 0) is 26.2 Å². The molecule has 0 amide bonds. The average Bonchev–Trinajstić information content (AvgIpc) is 2.76. The highest BCUT2D eigenvalue weighted by atomic mass is 16.5. The molecular formula is C13H24O4. The van der Waals surface area contributed by atoms with Gasteiger partial charge in [-0.25, -0.2) is 0 Å². The summed E-state index contributed by atoms with van der Waals surface area (Å²) in [6.07, 6.45) is 2.82. The van der Waals surface area contributed by atoms with Crippen LogP contribution in [0.25, 0.3) is 0 Å². The molecule has 100 valence electrons. The number of aliphatic hydroxyl groups excluding tert-OH is 1. The second-order valence-corrected chi connectivity index (χ2v) is 5.13. The Bertz CT molecular complexity index is 254. The lowest BCUT2D eigenvalue weighted by molar-refractivity contribution is -0.147. The number of carbonyl (C=O) groups is 1. The maximum absolute atomic E-state index is 10.9. The molecule has 0 unspecified atom stereocenters. The Labute approximate surface area is 103 Å². The van der Waals surface area contributed by atoms with E-state index in [0.717, 1.165) is 25.7 Å². The van der Waals surface area contributed by atoms with Crippen molar-refractivity contribution < 1.29 is 19.7 Å². The first kappa shape index (κ1) is 14.5. The third kappa shape index (κ3) is 3.68. The van der Waals surface area contributed by atoms with E-state index in [1.54, 1.807) is 6.92 Å². The fraction of sp³-hybridized carbons (Fsp3) is 0.923. The number of carboxylic acids is 1. The van der Waals surface area contributed by atoms with Crippen molar-refractivity contribution in [1.29, 1.82) is 0 Å². The molecule has 0 aromatic heterocycles. The second-order valence-electron chi connectivity index (χ2n) is 5.13. The highest BCUT2D eigenvalue weighted by molar-refractivity contribution is 5.70. The summed E-state index contributed by atoms with van der Waals surface area (Å²) in [5.41, 5.74) is 0. The molecule has 17 heavy (non-hydrogen) atoms. The molecule has 0 bridgehead atoms. The van der Waals surface area contributed by atoms with Gasteiger partial charge in [-0.1, -0.05) is 20.3 Å². The molecule has 1 heterocycles. The summed E-state index contributed by atoms with van der Waals surface area (Å²) in [4.78, 5) is 10.9. The van der Waals surface area contributed by atoms with Crippen LogP contribution in [-0.4, -0.2) is 34.5 Å². The zero-order valence-electron chi connectivity index (χ0n) is 10.9. The fourth-order valence-corrected chi connectivity index (χ4v) is 2.41. The Balaban J connectivity index is 2.46. The van der Waals surface area contributed by atoms with Gasteiger partial charge in [-0.15, -0.1) is 0 Å². The molecular weight excluding hydrogens is 220 g/mol. The zero-order valence-corrected chi connectivity index (χ0v) is 10.9. The summed E-state index contributed by atoms with van der Waals surface area (Å²) >= 11 is 0. The lowest BCUT2D eigenvalue weighted by Crippen LogP contribution is -2.32. The first-order valence-corrected chi connectivity index (χ1v) is 6.53. The third-order valence-corrected chi connectivity index (χ3v) is 3.81. The van der Waals surface area contributed by atoms with Crippen molar-refractivity contribution in [3.05, 3.63) is 0 Å². The van der Waals surface area contributed by atoms with E-state index >= 15 is 0 Å². The van der Waals surface area contributed by atoms with E-state index in [2.05, 4.69) is 0 Å². The van der Waals surface area contributed by atoms with Crippen LogP contribution in [0.1, 0.15) is 46.5 Å². The van der Waals surface area contributed by atoms with Crippen molar-refractivity contribution in [2.24, 2.45) is 11.8 Å². The smallest absolute Gasteiger partial charge is 0.308 e. The Morgan fingerprint density at radius 1 is 1.35 bits per heavy atom. The molecule has 0 spiro atoms. The van der Waals surface area contributed by atoms with Crippen molar-refractivity contribution >= 4 is 5.97 Å². The van der Waals surface area contributed by atoms with Gasteiger partial charge >= 0.3 is 5.97 Å². The van der Waals surface area contributed by atoms with Crippen LogP contribution >= 0.6 is 0 Å². The monoisotopic (exact) mass is 244 g/mol. The van der Waals surface area contributed by atoms with Crippen LogP contribution in [-0.2, 0) is 9.53 Å². The summed E-state index contributed by atoms with van der Waals surface area (Å²) in [5.74, 6) is -1.19. The topological polar surface area (TPSA) is 66.8 Å². The molecule has 1 aliphatic heterocycles. The summed E-state index contributed by atoms with van der Waals surface area (Å²) in [6.45, 7) is 5.71. The van der Waals surface area contributed by atoms with Crippen molar-refractivity contribution in [2.75, 3.05) is 0 Å². The van der Waals surface area contributed by atoms with Crippen molar-refractivity contribution in [1.82, 2.24) is 0 Å². The number of aliphatic carboxylic acids is 1. The molecule has 0 aromatic carbocycles. The summed E-state index contributed by atoms with van der Waals surface area (Å²) in [5, 5.41) is 18.8. The van der Waals surface area contributed by atoms with Gasteiger partial charge in [0.1, 0.15) is 0 Å². The Morgan fingerprint density at radius 2 is 1.94 bits per heavy atom. The highest BCUT2D eigenvalue weighted by Gasteiger charge is 2.36. The van der Waals surface area contributed by atoms with Crippen LogP contribution in [0, 0.1) is 11.8 Å². The minimum atomic E-state index is -0.808. The van der Waals surface area contributed by atoms with Crippen LogP contribution in [0.5, 0.6) is 0 Å². The number of hydrogen-bond acceptors (Lipinski definition) is 3. The molecule has 0 aliphatic carbocycles. The number of carboxylic acid groups (broad SMARTS) is 1. The van der Waals surface area contributed by atoms with Crippen LogP contribution in [0.3, 0.4) is 0 Å². The van der Waals surface area contributed by atoms with Gasteiger partial charge in [0.15, 0.2) is 0 Å². The van der Waals surface area contributed by atoms with E-state index in [0.29, 0.717) is 0 Å². The molecule has 1 aliphatic rings. The van der Waals surface area contributed by atoms with Crippen LogP contribution in [0.2, 0.25) is 0 Å². The zero-order chi connectivity index (χ0) is 13.0. The van der Waals surface area contributed by atoms with Crippen molar-refractivity contribution in [3.8, 4) is 0 Å². The molecule has 5 atom stereocenters. The minimum absolute atomic E-state index is 0.00310. The molecule has 0 aromatic rings. The number of ether oxygens (including phenoxy) is 1. The molecule has 0 radical (unpaired) electrons. The third-order valence-electron chi connectivity index (χ3n) is 3.81. The predicted octanol–water partition coefficient (Wildman–Crippen LogP) is 2.05. The van der Waals surface area contributed by atoms with Crippen LogP contribution in [0.4, 0.5) is 0 Å². The normalized spacial score (nSPS) is 29.9. The van der Waals surface area contributed by atoms with Gasteiger partial charge in [0.2, 0.25) is 0 Å². The summed E-state index contributed by atoms with van der Waals surface area (Å²) in [6, 6.07) is 0. The van der Waals surface area contributed by atoms with Crippen LogP contribution in [0.15, 0.2) is 0 Å². The molecule has 4 heteroatoms. The van der Waals surface area contributed by atoms with E-state index in [4.69, 9.17) is 9.84 Å². The van der Waals surface area contributed by atoms with E-state index in [1.165, 1.54) is 0 Å². The quantitative estimate of drug-likeness (QED) is 0.750. The van der Waals surface area contributed by atoms with Gasteiger partial charge in [0.25, 0.3) is 0 Å². The first-order valence-electron chi connectivity index (χ1n) is 6.53. The largest absolute Gasteiger partial charge is 0.481 e. The SMILES string of the molecule is CCC[C@H](O)[C@H](C)[C@@H]1CC[C@H]([C@@H](C)C(=O)O)O1. The van der Waals surface area contributed by atoms with E-state index in [9.17, 15) is 9.90 Å². The van der Waals surface area contributed by atoms with Gasteiger partial charge in [0.05, 0.1) is 24.2 Å². The van der Waals surface area contributed by atoms with Gasteiger partial charge in [0, 0.05) is 5.92 Å². The first-order chi connectivity index (χ1) is 7.97. The lowest BCUT2D eigenvalue weighted by Gasteiger charge is -2.25. The highest BCUT2D eigenvalue weighted by Crippen LogP contribution is 2.31. The Hall–Kier alpha value is -0.610. The maximum atomic E-state index is 10.9. The van der Waals surface area contributed by atoms with Gasteiger partial charge < -0.3 is 14.9 Å². The summed E-state index contributed by atoms with van der Waals surface area (Å²) in [7, 11) is 0. The van der Waals surface area contributed by atoms with Crippen molar-refractivity contribution in [2.45, 2.75) is 64.8 Å². The summed E-state index contributed by atoms with van der Waals surface area (Å²) < 4.78 is 5.77. The number of hydrogen-bond donors (Lipinski definition) is 2. The molecule has 0 saturated carbocycles. The molecule has 4 nitrogen and oxygen atoms in total. The fourth-order valence-electron chi connectivity index (χ4n) is 2.41. The predicted molar refractivity (Wildman–Crippen MR) is 64.8 cm³/mol. The standard InChI is InChI=1S/C13H24O4/c1-4-5-10(14)8(2)11-6-7-12(17-11)9(3)13(15)16/h8-12,14H,4-7H2,1-3H3,(H,15,16)/t8-,9+,10-,11-,12+/m0/s1. The second kappa shape index (κ2) is 6.36. The molecule has 1 fully saturated rings.